The van der Waals surface area contributed by atoms with Crippen molar-refractivity contribution in [2.75, 3.05) is 12.9 Å². The summed E-state index contributed by atoms with van der Waals surface area (Å²) in [4.78, 5) is 11.4. The zero-order valence-corrected chi connectivity index (χ0v) is 15.2. The van der Waals surface area contributed by atoms with Crippen LogP contribution in [0.4, 0.5) is 0 Å². The SMILES string of the molecule is C#CCS(=O)(=O)c1ccc(C(C)=CC2=NNC(=O)CC2C)cc1OC. The van der Waals surface area contributed by atoms with E-state index < -0.39 is 9.84 Å². The summed E-state index contributed by atoms with van der Waals surface area (Å²) >= 11 is 0. The molecule has 1 aliphatic heterocycles. The smallest absolute Gasteiger partial charge is 0.240 e. The van der Waals surface area contributed by atoms with Gasteiger partial charge in [0.15, 0.2) is 9.84 Å². The van der Waals surface area contributed by atoms with Crippen LogP contribution in [0.3, 0.4) is 0 Å². The summed E-state index contributed by atoms with van der Waals surface area (Å²) in [6.45, 7) is 3.81. The van der Waals surface area contributed by atoms with Crippen LogP contribution in [0.25, 0.3) is 5.57 Å². The maximum Gasteiger partial charge on any atom is 0.240 e. The number of carbonyl (C=O) groups excluding carboxylic acids is 1. The topological polar surface area (TPSA) is 84.8 Å². The Kier molecular flexibility index (Phi) is 5.65. The van der Waals surface area contributed by atoms with Gasteiger partial charge in [-0.05, 0) is 36.3 Å². The van der Waals surface area contributed by atoms with Gasteiger partial charge in [-0.3, -0.25) is 4.79 Å². The Morgan fingerprint density at radius 2 is 2.24 bits per heavy atom. The van der Waals surface area contributed by atoms with Crippen molar-refractivity contribution in [1.29, 1.82) is 0 Å². The van der Waals surface area contributed by atoms with Crippen molar-refractivity contribution >= 4 is 27.0 Å². The highest BCUT2D eigenvalue weighted by Gasteiger charge is 2.21. The minimum atomic E-state index is -3.59. The second kappa shape index (κ2) is 7.53. The number of nitrogens with zero attached hydrogens (tertiary/aromatic N) is 1. The van der Waals surface area contributed by atoms with E-state index in [1.807, 2.05) is 19.9 Å². The molecule has 0 saturated carbocycles. The highest BCUT2D eigenvalue weighted by atomic mass is 32.2. The molecule has 132 valence electrons. The number of terminal acetylenes is 1. The van der Waals surface area contributed by atoms with Crippen LogP contribution in [-0.4, -0.2) is 32.9 Å². The normalized spacial score (nSPS) is 18.2. The molecule has 7 heteroatoms. The van der Waals surface area contributed by atoms with Gasteiger partial charge in [0, 0.05) is 12.3 Å². The van der Waals surface area contributed by atoms with E-state index in [0.29, 0.717) is 6.42 Å². The van der Waals surface area contributed by atoms with Gasteiger partial charge in [-0.1, -0.05) is 18.9 Å². The highest BCUT2D eigenvalue weighted by molar-refractivity contribution is 7.91. The molecule has 6 nitrogen and oxygen atoms in total. The first kappa shape index (κ1) is 18.7. The molecule has 25 heavy (non-hydrogen) atoms. The van der Waals surface area contributed by atoms with E-state index in [9.17, 15) is 13.2 Å². The molecule has 1 unspecified atom stereocenters. The molecule has 0 fully saturated rings. The highest BCUT2D eigenvalue weighted by Crippen LogP contribution is 2.29. The summed E-state index contributed by atoms with van der Waals surface area (Å²) in [6.07, 6.45) is 7.38. The summed E-state index contributed by atoms with van der Waals surface area (Å²) in [5, 5.41) is 4.07. The number of hydrogen-bond donors (Lipinski definition) is 1. The number of hydrogen-bond acceptors (Lipinski definition) is 5. The van der Waals surface area contributed by atoms with E-state index in [4.69, 9.17) is 11.2 Å². The Balaban J connectivity index is 2.39. The number of amides is 1. The van der Waals surface area contributed by atoms with Crippen LogP contribution < -0.4 is 10.2 Å². The molecule has 0 saturated heterocycles. The molecule has 0 aromatic heterocycles. The number of carbonyl (C=O) groups is 1. The third kappa shape index (κ3) is 4.28. The maximum absolute atomic E-state index is 12.2. The maximum atomic E-state index is 12.2. The lowest BCUT2D eigenvalue weighted by Gasteiger charge is -2.17. The Morgan fingerprint density at radius 1 is 1.52 bits per heavy atom. The van der Waals surface area contributed by atoms with Crippen molar-refractivity contribution in [2.45, 2.75) is 25.2 Å². The van der Waals surface area contributed by atoms with E-state index in [1.54, 1.807) is 12.1 Å². The van der Waals surface area contributed by atoms with Crippen molar-refractivity contribution in [3.63, 3.8) is 0 Å². The number of sulfone groups is 1. The molecule has 1 atom stereocenters. The first-order valence-electron chi connectivity index (χ1n) is 7.68. The van der Waals surface area contributed by atoms with E-state index in [1.165, 1.54) is 13.2 Å². The zero-order valence-electron chi connectivity index (χ0n) is 14.4. The first-order chi connectivity index (χ1) is 11.8. The van der Waals surface area contributed by atoms with E-state index >= 15 is 0 Å². The number of ether oxygens (including phenoxy) is 1. The number of rotatable bonds is 5. The predicted molar refractivity (Wildman–Crippen MR) is 96.9 cm³/mol. The Morgan fingerprint density at radius 3 is 2.84 bits per heavy atom. The average molecular weight is 360 g/mol. The van der Waals surface area contributed by atoms with Crippen LogP contribution in [0.1, 0.15) is 25.8 Å². The minimum absolute atomic E-state index is 0.0147. The van der Waals surface area contributed by atoms with Gasteiger partial charge in [-0.15, -0.1) is 6.42 Å². The van der Waals surface area contributed by atoms with Crippen molar-refractivity contribution in [1.82, 2.24) is 5.43 Å². The third-order valence-electron chi connectivity index (χ3n) is 3.90. The van der Waals surface area contributed by atoms with Crippen molar-refractivity contribution in [3.05, 3.63) is 29.8 Å². The predicted octanol–water partition coefficient (Wildman–Crippen LogP) is 2.02. The molecule has 1 aromatic rings. The lowest BCUT2D eigenvalue weighted by atomic mass is 9.96. The fraction of sp³-hybridized carbons (Fsp3) is 0.333. The zero-order chi connectivity index (χ0) is 18.6. The molecule has 0 bridgehead atoms. The van der Waals surface area contributed by atoms with Crippen LogP contribution in [0, 0.1) is 18.3 Å². The fourth-order valence-electron chi connectivity index (χ4n) is 2.50. The standard InChI is InChI=1S/C18H20N2O4S/c1-5-8-25(22,23)17-7-6-14(11-16(17)24-4)12(2)9-15-13(3)10-18(21)20-19-15/h1,6-7,9,11,13H,8,10H2,2-4H3,(H,20,21). The van der Waals surface area contributed by atoms with Gasteiger partial charge < -0.3 is 4.74 Å². The van der Waals surface area contributed by atoms with Gasteiger partial charge >= 0.3 is 0 Å². The van der Waals surface area contributed by atoms with Crippen molar-refractivity contribution in [3.8, 4) is 18.1 Å². The summed E-state index contributed by atoms with van der Waals surface area (Å²) in [5.41, 5.74) is 4.90. The molecule has 2 rings (SSSR count). The average Bonchev–Trinajstić information content (AvgIpc) is 2.56. The number of methoxy groups -OCH3 is 1. The summed E-state index contributed by atoms with van der Waals surface area (Å²) in [6, 6.07) is 4.85. The lowest BCUT2D eigenvalue weighted by Crippen LogP contribution is -2.30. The lowest BCUT2D eigenvalue weighted by molar-refractivity contribution is -0.121. The number of nitrogens with one attached hydrogen (secondary N) is 1. The van der Waals surface area contributed by atoms with Gasteiger partial charge in [0.2, 0.25) is 5.91 Å². The minimum Gasteiger partial charge on any atom is -0.495 e. The Hall–Kier alpha value is -2.59. The quantitative estimate of drug-likeness (QED) is 0.814. The van der Waals surface area contributed by atoms with Crippen LogP contribution in [-0.2, 0) is 14.6 Å². The largest absolute Gasteiger partial charge is 0.495 e. The second-order valence-corrected chi connectivity index (χ2v) is 7.79. The summed E-state index contributed by atoms with van der Waals surface area (Å²) in [5.74, 6) is 1.92. The van der Waals surface area contributed by atoms with Crippen LogP contribution in [0.5, 0.6) is 5.75 Å². The molecule has 1 heterocycles. The number of allylic oxidation sites excluding steroid dienone is 2. The summed E-state index contributed by atoms with van der Waals surface area (Å²) in [7, 11) is -2.18. The molecule has 1 amide bonds. The molecule has 1 aliphatic rings. The Bertz CT molecular complexity index is 892. The van der Waals surface area contributed by atoms with Gasteiger partial charge in [0.1, 0.15) is 16.4 Å². The van der Waals surface area contributed by atoms with Crippen LogP contribution in [0.2, 0.25) is 0 Å². The van der Waals surface area contributed by atoms with Crippen molar-refractivity contribution < 1.29 is 17.9 Å². The monoisotopic (exact) mass is 360 g/mol. The van der Waals surface area contributed by atoms with Gasteiger partial charge in [0.05, 0.1) is 12.8 Å². The van der Waals surface area contributed by atoms with Crippen LogP contribution >= 0.6 is 0 Å². The van der Waals surface area contributed by atoms with Gasteiger partial charge in [0.25, 0.3) is 0 Å². The molecule has 1 aromatic carbocycles. The second-order valence-electron chi connectivity index (χ2n) is 5.83. The molecule has 0 radical (unpaired) electrons. The van der Waals surface area contributed by atoms with Gasteiger partial charge in [-0.2, -0.15) is 5.10 Å². The molecule has 0 aliphatic carbocycles. The fourth-order valence-corrected chi connectivity index (χ4v) is 3.60. The van der Waals surface area contributed by atoms with E-state index in [-0.39, 0.29) is 28.2 Å². The van der Waals surface area contributed by atoms with Crippen molar-refractivity contribution in [2.24, 2.45) is 11.0 Å². The summed E-state index contributed by atoms with van der Waals surface area (Å²) < 4.78 is 29.6. The van der Waals surface area contributed by atoms with E-state index in [0.717, 1.165) is 16.8 Å². The molecule has 1 N–H and O–H groups in total. The molecular formula is C18H20N2O4S. The molecule has 0 spiro atoms. The van der Waals surface area contributed by atoms with Crippen LogP contribution in [0.15, 0.2) is 34.3 Å². The first-order valence-corrected chi connectivity index (χ1v) is 9.33. The van der Waals surface area contributed by atoms with E-state index in [2.05, 4.69) is 16.4 Å². The number of benzene rings is 1. The number of hydrazone groups is 1. The Labute approximate surface area is 147 Å². The third-order valence-corrected chi connectivity index (χ3v) is 5.45. The van der Waals surface area contributed by atoms with Gasteiger partial charge in [-0.25, -0.2) is 13.8 Å². The molecular weight excluding hydrogens is 340 g/mol.